The average Bonchev–Trinajstić information content (AvgIpc) is 3.52. The van der Waals surface area contributed by atoms with Gasteiger partial charge in [-0.25, -0.2) is 4.98 Å². The molecule has 0 bridgehead atoms. The molecule has 0 radical (unpaired) electrons. The lowest BCUT2D eigenvalue weighted by molar-refractivity contribution is -0.140. The fraction of sp³-hybridized carbons (Fsp3) is 0.565. The summed E-state index contributed by atoms with van der Waals surface area (Å²) >= 11 is 1.33. The van der Waals surface area contributed by atoms with Crippen molar-refractivity contribution >= 4 is 39.2 Å². The molecule has 2 aromatic heterocycles. The first kappa shape index (κ1) is 20.6. The van der Waals surface area contributed by atoms with Crippen molar-refractivity contribution < 1.29 is 19.1 Å². The van der Waals surface area contributed by atoms with E-state index in [4.69, 9.17) is 4.74 Å². The van der Waals surface area contributed by atoms with E-state index >= 15 is 0 Å². The van der Waals surface area contributed by atoms with Crippen LogP contribution in [0.15, 0.2) is 24.4 Å². The van der Waals surface area contributed by atoms with Crippen LogP contribution in [0.5, 0.6) is 0 Å². The molecule has 2 saturated heterocycles. The van der Waals surface area contributed by atoms with E-state index in [2.05, 4.69) is 17.2 Å². The molecule has 4 heterocycles. The molecule has 0 spiro atoms. The van der Waals surface area contributed by atoms with Crippen LogP contribution in [0.4, 0.5) is 0 Å². The maximum absolute atomic E-state index is 13.8. The quantitative estimate of drug-likeness (QED) is 0.788. The van der Waals surface area contributed by atoms with E-state index in [0.29, 0.717) is 11.4 Å². The molecule has 1 saturated carbocycles. The molecule has 3 aliphatic rings. The Bertz CT molecular complexity index is 1010. The van der Waals surface area contributed by atoms with E-state index in [9.17, 15) is 14.4 Å². The lowest BCUT2D eigenvalue weighted by Gasteiger charge is -2.37. The summed E-state index contributed by atoms with van der Waals surface area (Å²) in [4.78, 5) is 46.8. The number of pyridine rings is 1. The fourth-order valence-corrected chi connectivity index (χ4v) is 6.38. The molecular formula is C23H27N3O4S. The summed E-state index contributed by atoms with van der Waals surface area (Å²) in [5, 5.41) is 3.98. The summed E-state index contributed by atoms with van der Waals surface area (Å²) in [5.74, 6) is -0.357. The topological polar surface area (TPSA) is 88.6 Å². The molecule has 3 fully saturated rings. The number of carbonyl (C=O) groups excluding carboxylic acids is 3. The van der Waals surface area contributed by atoms with Gasteiger partial charge in [0.05, 0.1) is 11.0 Å². The van der Waals surface area contributed by atoms with E-state index in [-0.39, 0.29) is 41.6 Å². The average molecular weight is 442 g/mol. The van der Waals surface area contributed by atoms with Gasteiger partial charge in [0.15, 0.2) is 5.78 Å². The summed E-state index contributed by atoms with van der Waals surface area (Å²) in [6.45, 7) is 4.64. The zero-order valence-corrected chi connectivity index (χ0v) is 18.6. The molecule has 164 valence electrons. The highest BCUT2D eigenvalue weighted by molar-refractivity contribution is 7.20. The number of hydrogen-bond acceptors (Lipinski definition) is 6. The van der Waals surface area contributed by atoms with Crippen LogP contribution in [0.25, 0.3) is 10.2 Å². The zero-order chi connectivity index (χ0) is 21.8. The molecule has 2 amide bonds. The van der Waals surface area contributed by atoms with E-state index in [1.807, 2.05) is 25.1 Å². The first-order valence-corrected chi connectivity index (χ1v) is 11.8. The van der Waals surface area contributed by atoms with Crippen LogP contribution in [-0.2, 0) is 14.3 Å². The Labute approximate surface area is 185 Å². The van der Waals surface area contributed by atoms with Crippen molar-refractivity contribution in [2.45, 2.75) is 57.7 Å². The van der Waals surface area contributed by atoms with Gasteiger partial charge in [-0.3, -0.25) is 14.4 Å². The lowest BCUT2D eigenvalue weighted by atomic mass is 9.79. The third-order valence-corrected chi connectivity index (χ3v) is 8.26. The van der Waals surface area contributed by atoms with Crippen molar-refractivity contribution in [3.05, 3.63) is 29.3 Å². The molecule has 0 unspecified atom stereocenters. The van der Waals surface area contributed by atoms with E-state index in [0.717, 1.165) is 35.9 Å². The van der Waals surface area contributed by atoms with Gasteiger partial charge in [-0.2, -0.15) is 0 Å². The maximum atomic E-state index is 13.8. The SMILES string of the molecule is C[C@H]1CN(C(=O)[C@@H](NC(=O)c2cc3cccnc3s2)C2(C)CCCC2)[C@@H]2C(=O)CO[C@@H]21. The maximum Gasteiger partial charge on any atom is 0.262 e. The summed E-state index contributed by atoms with van der Waals surface area (Å²) in [7, 11) is 0. The minimum atomic E-state index is -0.667. The van der Waals surface area contributed by atoms with Crippen molar-refractivity contribution in [1.82, 2.24) is 15.2 Å². The van der Waals surface area contributed by atoms with Gasteiger partial charge in [-0.15, -0.1) is 11.3 Å². The number of Topliss-reactive ketones (excluding diaryl/α,β-unsaturated/α-hetero) is 1. The van der Waals surface area contributed by atoms with Gasteiger partial charge in [0.25, 0.3) is 5.91 Å². The van der Waals surface area contributed by atoms with Crippen molar-refractivity contribution in [3.63, 3.8) is 0 Å². The number of rotatable bonds is 4. The van der Waals surface area contributed by atoms with Gasteiger partial charge in [0.1, 0.15) is 23.5 Å². The Hall–Kier alpha value is -2.32. The van der Waals surface area contributed by atoms with Crippen LogP contribution >= 0.6 is 11.3 Å². The minimum Gasteiger partial charge on any atom is -0.367 e. The van der Waals surface area contributed by atoms with E-state index in [1.54, 1.807) is 11.1 Å². The second-order valence-electron chi connectivity index (χ2n) is 9.43. The van der Waals surface area contributed by atoms with E-state index < -0.39 is 12.1 Å². The van der Waals surface area contributed by atoms with Gasteiger partial charge < -0.3 is 15.0 Å². The second kappa shape index (κ2) is 7.67. The highest BCUT2D eigenvalue weighted by Gasteiger charge is 2.54. The van der Waals surface area contributed by atoms with Crippen molar-refractivity contribution in [2.24, 2.45) is 11.3 Å². The van der Waals surface area contributed by atoms with Crippen LogP contribution in [0.2, 0.25) is 0 Å². The third-order valence-electron chi connectivity index (χ3n) is 7.21. The number of amides is 2. The molecule has 7 nitrogen and oxygen atoms in total. The predicted octanol–water partition coefficient (Wildman–Crippen LogP) is 2.79. The fourth-order valence-electron chi connectivity index (χ4n) is 5.48. The molecule has 4 atom stereocenters. The van der Waals surface area contributed by atoms with Crippen molar-refractivity contribution in [3.8, 4) is 0 Å². The molecule has 8 heteroatoms. The first-order valence-electron chi connectivity index (χ1n) is 11.0. The number of aromatic nitrogens is 1. The zero-order valence-electron chi connectivity index (χ0n) is 17.8. The molecule has 1 N–H and O–H groups in total. The molecule has 2 aromatic rings. The summed E-state index contributed by atoms with van der Waals surface area (Å²) in [6.07, 6.45) is 5.29. The number of nitrogens with zero attached hydrogens (tertiary/aromatic N) is 2. The van der Waals surface area contributed by atoms with Gasteiger partial charge >= 0.3 is 0 Å². The molecule has 2 aliphatic heterocycles. The number of thiophene rings is 1. The molecule has 0 aromatic carbocycles. The van der Waals surface area contributed by atoms with Crippen LogP contribution in [0.3, 0.4) is 0 Å². The summed E-state index contributed by atoms with van der Waals surface area (Å²) in [5.41, 5.74) is -0.328. The summed E-state index contributed by atoms with van der Waals surface area (Å²) in [6, 6.07) is 4.39. The number of carbonyl (C=O) groups is 3. The van der Waals surface area contributed by atoms with Crippen LogP contribution < -0.4 is 5.32 Å². The number of hydrogen-bond donors (Lipinski definition) is 1. The van der Waals surface area contributed by atoms with Gasteiger partial charge in [0, 0.05) is 24.0 Å². The normalized spacial score (nSPS) is 28.1. The van der Waals surface area contributed by atoms with Crippen molar-refractivity contribution in [2.75, 3.05) is 13.2 Å². The third kappa shape index (κ3) is 3.46. The number of ether oxygens (including phenoxy) is 1. The smallest absolute Gasteiger partial charge is 0.262 e. The molecular weight excluding hydrogens is 414 g/mol. The second-order valence-corrected chi connectivity index (χ2v) is 10.5. The Morgan fingerprint density at radius 2 is 2.13 bits per heavy atom. The van der Waals surface area contributed by atoms with Gasteiger partial charge in [0.2, 0.25) is 5.91 Å². The highest BCUT2D eigenvalue weighted by atomic mass is 32.1. The van der Waals surface area contributed by atoms with Crippen LogP contribution in [0.1, 0.15) is 49.2 Å². The van der Waals surface area contributed by atoms with Crippen LogP contribution in [0, 0.1) is 11.3 Å². The Balaban J connectivity index is 1.44. The van der Waals surface area contributed by atoms with Gasteiger partial charge in [-0.05, 0) is 30.4 Å². The standard InChI is InChI=1S/C23H27N3O4S/c1-13-11-26(17-15(27)12-30-18(13)17)22(29)19(23(2)7-3-4-8-23)25-20(28)16-10-14-6-5-9-24-21(14)31-16/h5-6,9-10,13,17-19H,3-4,7-8,11-12H2,1-2H3,(H,25,28)/t13-,17+,18+,19+/m0/s1. The van der Waals surface area contributed by atoms with Crippen LogP contribution in [-0.4, -0.2) is 58.8 Å². The Morgan fingerprint density at radius 1 is 1.35 bits per heavy atom. The molecule has 1 aliphatic carbocycles. The monoisotopic (exact) mass is 441 g/mol. The minimum absolute atomic E-state index is 0.0417. The number of ketones is 1. The molecule has 5 rings (SSSR count). The Kier molecular flexibility index (Phi) is 5.09. The van der Waals surface area contributed by atoms with Crippen molar-refractivity contribution in [1.29, 1.82) is 0 Å². The van der Waals surface area contributed by atoms with E-state index in [1.165, 1.54) is 11.3 Å². The predicted molar refractivity (Wildman–Crippen MR) is 117 cm³/mol. The largest absolute Gasteiger partial charge is 0.367 e. The summed E-state index contributed by atoms with van der Waals surface area (Å²) < 4.78 is 5.66. The number of likely N-dealkylation sites (tertiary alicyclic amines) is 1. The first-order chi connectivity index (χ1) is 14.9. The highest BCUT2D eigenvalue weighted by Crippen LogP contribution is 2.43. The van der Waals surface area contributed by atoms with Gasteiger partial charge in [-0.1, -0.05) is 32.8 Å². The number of nitrogens with one attached hydrogen (secondary N) is 1. The Morgan fingerprint density at radius 3 is 2.87 bits per heavy atom. The molecule has 31 heavy (non-hydrogen) atoms. The lowest BCUT2D eigenvalue weighted by Crippen LogP contribution is -2.57. The number of fused-ring (bicyclic) bond motifs is 2.